The number of sulfonamides is 1. The fraction of sp³-hybridized carbons (Fsp3) is 0.500. The average Bonchev–Trinajstić information content (AvgIpc) is 2.37. The molecule has 1 aromatic carbocycles. The molecule has 0 fully saturated rings. The molecule has 1 aromatic rings. The number of rotatable bonds is 7. The van der Waals surface area contributed by atoms with E-state index in [2.05, 4.69) is 0 Å². The first-order valence-electron chi connectivity index (χ1n) is 6.92. The molecule has 0 aromatic heterocycles. The Morgan fingerprint density at radius 2 is 1.77 bits per heavy atom. The molecule has 0 aliphatic heterocycles. The Morgan fingerprint density at radius 3 is 2.32 bits per heavy atom. The van der Waals surface area contributed by atoms with E-state index >= 15 is 0 Å². The highest BCUT2D eigenvalue weighted by Gasteiger charge is 2.20. The second-order valence-corrected chi connectivity index (χ2v) is 9.07. The van der Waals surface area contributed by atoms with E-state index in [4.69, 9.17) is 0 Å². The van der Waals surface area contributed by atoms with Gasteiger partial charge in [-0.1, -0.05) is 32.8 Å². The van der Waals surface area contributed by atoms with Crippen LogP contribution in [0, 0.1) is 5.92 Å². The van der Waals surface area contributed by atoms with Crippen molar-refractivity contribution in [2.75, 3.05) is 6.26 Å². The van der Waals surface area contributed by atoms with Gasteiger partial charge >= 0.3 is 0 Å². The molecule has 0 saturated carbocycles. The molecule has 0 heterocycles. The molecule has 1 atom stereocenters. The van der Waals surface area contributed by atoms with Crippen molar-refractivity contribution < 1.29 is 21.6 Å². The van der Waals surface area contributed by atoms with E-state index in [0.29, 0.717) is 0 Å². The predicted octanol–water partition coefficient (Wildman–Crippen LogP) is 1.72. The zero-order valence-electron chi connectivity index (χ0n) is 12.9. The third kappa shape index (κ3) is 5.42. The number of amides is 1. The first kappa shape index (κ1) is 18.6. The number of benzene rings is 1. The maximum Gasteiger partial charge on any atom is 0.264 e. The average molecular weight is 347 g/mol. The van der Waals surface area contributed by atoms with Crippen LogP contribution in [0.25, 0.3) is 0 Å². The first-order valence-corrected chi connectivity index (χ1v) is 10.3. The van der Waals surface area contributed by atoms with Crippen molar-refractivity contribution in [1.29, 1.82) is 0 Å². The molecule has 0 radical (unpaired) electrons. The minimum Gasteiger partial charge on any atom is -0.274 e. The van der Waals surface area contributed by atoms with Crippen molar-refractivity contribution in [2.24, 2.45) is 5.92 Å². The Labute approximate surface area is 131 Å². The van der Waals surface area contributed by atoms with Crippen LogP contribution >= 0.6 is 0 Å². The fourth-order valence-electron chi connectivity index (χ4n) is 2.03. The van der Waals surface area contributed by atoms with Crippen LogP contribution in [0.4, 0.5) is 0 Å². The Balaban J connectivity index is 2.94. The Morgan fingerprint density at radius 1 is 1.18 bits per heavy atom. The molecule has 0 spiro atoms. The predicted molar refractivity (Wildman–Crippen MR) is 83.6 cm³/mol. The summed E-state index contributed by atoms with van der Waals surface area (Å²) in [4.78, 5) is 11.4. The van der Waals surface area contributed by atoms with E-state index in [1.807, 2.05) is 18.6 Å². The van der Waals surface area contributed by atoms with E-state index in [1.165, 1.54) is 18.2 Å². The van der Waals surface area contributed by atoms with Crippen molar-refractivity contribution in [1.82, 2.24) is 4.72 Å². The van der Waals surface area contributed by atoms with Gasteiger partial charge in [-0.15, -0.1) is 0 Å². The van der Waals surface area contributed by atoms with Gasteiger partial charge in [-0.05, 0) is 24.1 Å². The van der Waals surface area contributed by atoms with Crippen LogP contribution in [0.5, 0.6) is 0 Å². The molecule has 1 rings (SSSR count). The topological polar surface area (TPSA) is 97.4 Å². The van der Waals surface area contributed by atoms with Gasteiger partial charge in [0.2, 0.25) is 5.91 Å². The zero-order valence-corrected chi connectivity index (χ0v) is 14.5. The SMILES string of the molecule is CCCC(C)CC(=O)NS(=O)(=O)c1cccc(S(C)(=O)=O)c1. The summed E-state index contributed by atoms with van der Waals surface area (Å²) in [6, 6.07) is 4.93. The fourth-order valence-corrected chi connectivity index (χ4v) is 3.82. The number of carbonyl (C=O) groups is 1. The lowest BCUT2D eigenvalue weighted by Crippen LogP contribution is -2.31. The zero-order chi connectivity index (χ0) is 17.0. The van der Waals surface area contributed by atoms with Crippen LogP contribution in [0.1, 0.15) is 33.1 Å². The largest absolute Gasteiger partial charge is 0.274 e. The summed E-state index contributed by atoms with van der Waals surface area (Å²) in [5, 5.41) is 0. The van der Waals surface area contributed by atoms with Crippen LogP contribution in [-0.4, -0.2) is 29.0 Å². The number of hydrogen-bond donors (Lipinski definition) is 1. The van der Waals surface area contributed by atoms with E-state index in [1.54, 1.807) is 0 Å². The quantitative estimate of drug-likeness (QED) is 0.810. The van der Waals surface area contributed by atoms with Crippen LogP contribution in [0.3, 0.4) is 0 Å². The molecule has 0 saturated heterocycles. The summed E-state index contributed by atoms with van der Waals surface area (Å²) in [6.45, 7) is 3.86. The van der Waals surface area contributed by atoms with Crippen LogP contribution < -0.4 is 4.72 Å². The number of nitrogens with one attached hydrogen (secondary N) is 1. The van der Waals surface area contributed by atoms with Gasteiger partial charge in [-0.2, -0.15) is 0 Å². The minimum absolute atomic E-state index is 0.0857. The molecule has 1 amide bonds. The molecule has 0 aliphatic carbocycles. The van der Waals surface area contributed by atoms with Gasteiger partial charge in [-0.3, -0.25) is 4.79 Å². The van der Waals surface area contributed by atoms with Gasteiger partial charge in [-0.25, -0.2) is 21.6 Å². The molecule has 124 valence electrons. The van der Waals surface area contributed by atoms with Crippen molar-refractivity contribution in [3.8, 4) is 0 Å². The summed E-state index contributed by atoms with van der Waals surface area (Å²) in [6.07, 6.45) is 2.84. The molecule has 8 heteroatoms. The lowest BCUT2D eigenvalue weighted by Gasteiger charge is -2.11. The van der Waals surface area contributed by atoms with Crippen LogP contribution in [0.15, 0.2) is 34.1 Å². The summed E-state index contributed by atoms with van der Waals surface area (Å²) < 4.78 is 49.2. The Bertz CT molecular complexity index is 738. The molecular formula is C14H21NO5S2. The van der Waals surface area contributed by atoms with Gasteiger partial charge in [0.15, 0.2) is 9.84 Å². The van der Waals surface area contributed by atoms with E-state index in [0.717, 1.165) is 25.2 Å². The standard InChI is InChI=1S/C14H21NO5S2/c1-4-6-11(2)9-14(16)15-22(19,20)13-8-5-7-12(10-13)21(3,17)18/h5,7-8,10-11H,4,6,9H2,1-3H3,(H,15,16). The summed E-state index contributed by atoms with van der Waals surface area (Å²) >= 11 is 0. The summed E-state index contributed by atoms with van der Waals surface area (Å²) in [7, 11) is -7.58. The molecular weight excluding hydrogens is 326 g/mol. The Kier molecular flexibility index (Phi) is 6.13. The monoisotopic (exact) mass is 347 g/mol. The highest BCUT2D eigenvalue weighted by atomic mass is 32.2. The van der Waals surface area contributed by atoms with Gasteiger partial charge in [0.1, 0.15) is 0 Å². The summed E-state index contributed by atoms with van der Waals surface area (Å²) in [5.74, 6) is -0.506. The van der Waals surface area contributed by atoms with Crippen molar-refractivity contribution >= 4 is 25.8 Å². The van der Waals surface area contributed by atoms with Crippen LogP contribution in [-0.2, 0) is 24.7 Å². The first-order chi connectivity index (χ1) is 10.1. The maximum atomic E-state index is 12.1. The third-order valence-corrected chi connectivity index (χ3v) is 5.59. The van der Waals surface area contributed by atoms with Crippen LogP contribution in [0.2, 0.25) is 0 Å². The van der Waals surface area contributed by atoms with Gasteiger partial charge in [0, 0.05) is 12.7 Å². The van der Waals surface area contributed by atoms with Gasteiger partial charge < -0.3 is 0 Å². The number of sulfone groups is 1. The third-order valence-electron chi connectivity index (χ3n) is 3.11. The second kappa shape index (κ2) is 7.23. The minimum atomic E-state index is -4.07. The van der Waals surface area contributed by atoms with Crippen molar-refractivity contribution in [3.05, 3.63) is 24.3 Å². The molecule has 6 nitrogen and oxygen atoms in total. The Hall–Kier alpha value is -1.41. The number of hydrogen-bond acceptors (Lipinski definition) is 5. The molecule has 0 aliphatic rings. The summed E-state index contributed by atoms with van der Waals surface area (Å²) in [5.41, 5.74) is 0. The molecule has 0 bridgehead atoms. The van der Waals surface area contributed by atoms with Crippen molar-refractivity contribution in [2.45, 2.75) is 42.9 Å². The molecule has 1 N–H and O–H groups in total. The van der Waals surface area contributed by atoms with E-state index in [-0.39, 0.29) is 22.1 Å². The maximum absolute atomic E-state index is 12.1. The highest BCUT2D eigenvalue weighted by molar-refractivity contribution is 7.91. The van der Waals surface area contributed by atoms with Crippen molar-refractivity contribution in [3.63, 3.8) is 0 Å². The van der Waals surface area contributed by atoms with E-state index < -0.39 is 25.8 Å². The molecule has 1 unspecified atom stereocenters. The highest BCUT2D eigenvalue weighted by Crippen LogP contribution is 2.16. The second-order valence-electron chi connectivity index (χ2n) is 5.37. The van der Waals surface area contributed by atoms with E-state index in [9.17, 15) is 21.6 Å². The lowest BCUT2D eigenvalue weighted by molar-refractivity contribution is -0.120. The normalized spacial score (nSPS) is 13.6. The number of carbonyl (C=O) groups excluding carboxylic acids is 1. The van der Waals surface area contributed by atoms with Gasteiger partial charge in [0.25, 0.3) is 10.0 Å². The lowest BCUT2D eigenvalue weighted by atomic mass is 10.0. The molecule has 22 heavy (non-hydrogen) atoms. The van der Waals surface area contributed by atoms with Gasteiger partial charge in [0.05, 0.1) is 9.79 Å². The smallest absolute Gasteiger partial charge is 0.264 e.